The maximum Gasteiger partial charge on any atom is 0.312 e. The van der Waals surface area contributed by atoms with E-state index < -0.39 is 6.03 Å². The summed E-state index contributed by atoms with van der Waals surface area (Å²) < 4.78 is 0. The normalized spacial score (nSPS) is 18.0. The molecule has 0 radical (unpaired) electrons. The number of benzene rings is 1. The lowest BCUT2D eigenvalue weighted by atomic mass is 10.1. The minimum atomic E-state index is -0.550. The molecule has 1 aromatic carbocycles. The second-order valence-corrected chi connectivity index (χ2v) is 4.59. The summed E-state index contributed by atoms with van der Waals surface area (Å²) in [7, 11) is 0. The Morgan fingerprint density at radius 2 is 2.05 bits per heavy atom. The fourth-order valence-corrected chi connectivity index (χ4v) is 2.02. The number of primary amides is 1. The van der Waals surface area contributed by atoms with E-state index in [0.29, 0.717) is 6.54 Å². The molecule has 1 saturated heterocycles. The van der Waals surface area contributed by atoms with E-state index in [1.165, 1.54) is 0 Å². The van der Waals surface area contributed by atoms with Crippen LogP contribution < -0.4 is 21.7 Å². The average Bonchev–Trinajstić information content (AvgIpc) is 2.92. The van der Waals surface area contributed by atoms with Gasteiger partial charge >= 0.3 is 6.03 Å². The largest absolute Gasteiger partial charge is 0.352 e. The lowest BCUT2D eigenvalue weighted by Crippen LogP contribution is -2.28. The Bertz CT molecular complexity index is 452. The molecule has 1 fully saturated rings. The van der Waals surface area contributed by atoms with Crippen LogP contribution in [0.3, 0.4) is 0 Å². The molecular formula is C13H18N4O2. The molecule has 1 aliphatic heterocycles. The second-order valence-electron chi connectivity index (χ2n) is 4.59. The standard InChI is InChI=1S/C13H18N4O2/c14-13(19)16-7-9-1-3-11(4-2-9)17-12(18)10-5-6-15-8-10/h1-4,10,15H,5-8H2,(H,17,18)(H3,14,16,19). The van der Waals surface area contributed by atoms with E-state index in [0.717, 1.165) is 30.8 Å². The van der Waals surface area contributed by atoms with E-state index >= 15 is 0 Å². The molecule has 5 N–H and O–H groups in total. The van der Waals surface area contributed by atoms with Crippen LogP contribution in [0, 0.1) is 5.92 Å². The number of carbonyl (C=O) groups is 2. The van der Waals surface area contributed by atoms with Crippen LogP contribution in [0.25, 0.3) is 0 Å². The average molecular weight is 262 g/mol. The number of hydrogen-bond acceptors (Lipinski definition) is 3. The van der Waals surface area contributed by atoms with Crippen molar-refractivity contribution >= 4 is 17.6 Å². The number of anilines is 1. The zero-order valence-corrected chi connectivity index (χ0v) is 10.6. The van der Waals surface area contributed by atoms with Crippen LogP contribution >= 0.6 is 0 Å². The molecule has 2 rings (SSSR count). The highest BCUT2D eigenvalue weighted by Gasteiger charge is 2.22. The predicted molar refractivity (Wildman–Crippen MR) is 72.5 cm³/mol. The monoisotopic (exact) mass is 262 g/mol. The summed E-state index contributed by atoms with van der Waals surface area (Å²) in [6.07, 6.45) is 0.881. The first-order chi connectivity index (χ1) is 9.15. The zero-order valence-electron chi connectivity index (χ0n) is 10.6. The lowest BCUT2D eigenvalue weighted by molar-refractivity contribution is -0.119. The maximum absolute atomic E-state index is 11.9. The Balaban J connectivity index is 1.87. The number of hydrogen-bond donors (Lipinski definition) is 4. The lowest BCUT2D eigenvalue weighted by Gasteiger charge is -2.10. The van der Waals surface area contributed by atoms with Crippen molar-refractivity contribution in [1.82, 2.24) is 10.6 Å². The summed E-state index contributed by atoms with van der Waals surface area (Å²) in [5.74, 6) is 0.101. The summed E-state index contributed by atoms with van der Waals surface area (Å²) in [6.45, 7) is 2.03. The van der Waals surface area contributed by atoms with Gasteiger partial charge in [-0.2, -0.15) is 0 Å². The van der Waals surface area contributed by atoms with E-state index in [-0.39, 0.29) is 11.8 Å². The van der Waals surface area contributed by atoms with E-state index in [4.69, 9.17) is 5.73 Å². The molecule has 102 valence electrons. The Kier molecular flexibility index (Phi) is 4.35. The fourth-order valence-electron chi connectivity index (χ4n) is 2.02. The Morgan fingerprint density at radius 3 is 2.63 bits per heavy atom. The van der Waals surface area contributed by atoms with Crippen molar-refractivity contribution in [2.45, 2.75) is 13.0 Å². The van der Waals surface area contributed by atoms with Crippen molar-refractivity contribution in [3.63, 3.8) is 0 Å². The highest BCUT2D eigenvalue weighted by atomic mass is 16.2. The van der Waals surface area contributed by atoms with Crippen molar-refractivity contribution in [3.8, 4) is 0 Å². The molecule has 0 aromatic heterocycles. The van der Waals surface area contributed by atoms with Gasteiger partial charge in [-0.05, 0) is 30.7 Å². The van der Waals surface area contributed by atoms with Gasteiger partial charge in [0.05, 0.1) is 5.92 Å². The third-order valence-electron chi connectivity index (χ3n) is 3.12. The molecule has 1 aromatic rings. The molecule has 19 heavy (non-hydrogen) atoms. The summed E-state index contributed by atoms with van der Waals surface area (Å²) in [5.41, 5.74) is 6.69. The smallest absolute Gasteiger partial charge is 0.312 e. The summed E-state index contributed by atoms with van der Waals surface area (Å²) in [5, 5.41) is 8.56. The van der Waals surface area contributed by atoms with Crippen LogP contribution in [-0.4, -0.2) is 25.0 Å². The van der Waals surface area contributed by atoms with Gasteiger partial charge in [0, 0.05) is 18.8 Å². The van der Waals surface area contributed by atoms with Gasteiger partial charge in [0.2, 0.25) is 5.91 Å². The number of rotatable bonds is 4. The molecule has 6 heteroatoms. The van der Waals surface area contributed by atoms with Gasteiger partial charge in [0.25, 0.3) is 0 Å². The molecule has 6 nitrogen and oxygen atoms in total. The molecule has 0 saturated carbocycles. The van der Waals surface area contributed by atoms with E-state index in [1.54, 1.807) is 0 Å². The third-order valence-corrected chi connectivity index (χ3v) is 3.12. The first-order valence-corrected chi connectivity index (χ1v) is 6.29. The van der Waals surface area contributed by atoms with Crippen molar-refractivity contribution in [2.24, 2.45) is 11.7 Å². The van der Waals surface area contributed by atoms with E-state index in [2.05, 4.69) is 16.0 Å². The van der Waals surface area contributed by atoms with Crippen molar-refractivity contribution < 1.29 is 9.59 Å². The van der Waals surface area contributed by atoms with Crippen LogP contribution in [0.5, 0.6) is 0 Å². The van der Waals surface area contributed by atoms with E-state index in [9.17, 15) is 9.59 Å². The molecule has 1 unspecified atom stereocenters. The Morgan fingerprint density at radius 1 is 1.32 bits per heavy atom. The van der Waals surface area contributed by atoms with Gasteiger partial charge in [-0.3, -0.25) is 4.79 Å². The quantitative estimate of drug-likeness (QED) is 0.632. The van der Waals surface area contributed by atoms with Crippen LogP contribution in [0.1, 0.15) is 12.0 Å². The van der Waals surface area contributed by atoms with Crippen molar-refractivity contribution in [3.05, 3.63) is 29.8 Å². The predicted octanol–water partition coefficient (Wildman–Crippen LogP) is 0.403. The molecule has 1 aliphatic rings. The van der Waals surface area contributed by atoms with Gasteiger partial charge in [-0.1, -0.05) is 12.1 Å². The van der Waals surface area contributed by atoms with Crippen LogP contribution in [0.15, 0.2) is 24.3 Å². The number of nitrogens with one attached hydrogen (secondary N) is 3. The van der Waals surface area contributed by atoms with Gasteiger partial charge in [0.15, 0.2) is 0 Å². The van der Waals surface area contributed by atoms with Crippen LogP contribution in [-0.2, 0) is 11.3 Å². The molecule has 1 atom stereocenters. The Labute approximate surface area is 111 Å². The highest BCUT2D eigenvalue weighted by Crippen LogP contribution is 2.14. The fraction of sp³-hybridized carbons (Fsp3) is 0.385. The van der Waals surface area contributed by atoms with Crippen molar-refractivity contribution in [1.29, 1.82) is 0 Å². The molecule has 0 bridgehead atoms. The first-order valence-electron chi connectivity index (χ1n) is 6.29. The maximum atomic E-state index is 11.9. The number of amides is 3. The van der Waals surface area contributed by atoms with Crippen LogP contribution in [0.2, 0.25) is 0 Å². The number of carbonyl (C=O) groups excluding carboxylic acids is 2. The summed E-state index contributed by atoms with van der Waals surface area (Å²) >= 11 is 0. The number of nitrogens with two attached hydrogens (primary N) is 1. The van der Waals surface area contributed by atoms with Gasteiger partial charge in [0.1, 0.15) is 0 Å². The zero-order chi connectivity index (χ0) is 13.7. The summed E-state index contributed by atoms with van der Waals surface area (Å²) in [6, 6.07) is 6.78. The molecule has 0 spiro atoms. The van der Waals surface area contributed by atoms with Gasteiger partial charge in [-0.25, -0.2) is 4.79 Å². The van der Waals surface area contributed by atoms with Gasteiger partial charge in [-0.15, -0.1) is 0 Å². The summed E-state index contributed by atoms with van der Waals surface area (Å²) in [4.78, 5) is 22.5. The molecule has 3 amide bonds. The van der Waals surface area contributed by atoms with Gasteiger partial charge < -0.3 is 21.7 Å². The number of urea groups is 1. The van der Waals surface area contributed by atoms with E-state index in [1.807, 2.05) is 24.3 Å². The molecular weight excluding hydrogens is 244 g/mol. The Hall–Kier alpha value is -2.08. The topological polar surface area (TPSA) is 96.2 Å². The minimum Gasteiger partial charge on any atom is -0.352 e. The minimum absolute atomic E-state index is 0.0491. The molecule has 0 aliphatic carbocycles. The molecule has 1 heterocycles. The highest BCUT2D eigenvalue weighted by molar-refractivity contribution is 5.92. The third kappa shape index (κ3) is 3.96. The van der Waals surface area contributed by atoms with Crippen LogP contribution in [0.4, 0.5) is 10.5 Å². The first kappa shape index (κ1) is 13.4. The SMILES string of the molecule is NC(=O)NCc1ccc(NC(=O)C2CCNC2)cc1. The second kappa shape index (κ2) is 6.19. The van der Waals surface area contributed by atoms with Crippen molar-refractivity contribution in [2.75, 3.05) is 18.4 Å².